The number of hydrogen-bond acceptors (Lipinski definition) is 3. The minimum absolute atomic E-state index is 0.183. The first-order chi connectivity index (χ1) is 6.63. The van der Waals surface area contributed by atoms with Crippen LogP contribution in [0.2, 0.25) is 0 Å². The predicted octanol–water partition coefficient (Wildman–Crippen LogP) is 2.26. The number of nitrogens with zero attached hydrogens (tertiary/aromatic N) is 1. The van der Waals surface area contributed by atoms with E-state index in [0.717, 1.165) is 13.0 Å². The lowest BCUT2D eigenvalue weighted by Gasteiger charge is -1.92. The van der Waals surface area contributed by atoms with Crippen molar-refractivity contribution in [3.05, 3.63) is 39.9 Å². The molecule has 0 saturated carbocycles. The van der Waals surface area contributed by atoms with Gasteiger partial charge in [-0.15, -0.1) is 0 Å². The number of nitro groups is 1. The largest absolute Gasteiger partial charge is 0.330 e. The van der Waals surface area contributed by atoms with Crippen LogP contribution in [0.3, 0.4) is 0 Å². The third kappa shape index (κ3) is 4.57. The molecule has 0 amide bonds. The van der Waals surface area contributed by atoms with Crippen LogP contribution in [-0.2, 0) is 0 Å². The first-order valence-corrected chi connectivity index (χ1v) is 4.53. The van der Waals surface area contributed by atoms with Crippen LogP contribution in [0.4, 0.5) is 5.69 Å². The van der Waals surface area contributed by atoms with Gasteiger partial charge in [0.25, 0.3) is 5.69 Å². The summed E-state index contributed by atoms with van der Waals surface area (Å²) in [6, 6.07) is 6.65. The summed E-state index contributed by atoms with van der Waals surface area (Å²) in [7, 11) is 0. The van der Waals surface area contributed by atoms with Crippen molar-refractivity contribution in [1.82, 2.24) is 0 Å². The number of benzene rings is 1. The van der Waals surface area contributed by atoms with Crippen molar-refractivity contribution in [1.29, 1.82) is 0 Å². The van der Waals surface area contributed by atoms with E-state index in [1.807, 2.05) is 0 Å². The van der Waals surface area contributed by atoms with Gasteiger partial charge in [0.1, 0.15) is 0 Å². The van der Waals surface area contributed by atoms with E-state index < -0.39 is 0 Å². The molecule has 0 saturated heterocycles. The van der Waals surface area contributed by atoms with Crippen LogP contribution in [0.15, 0.2) is 24.3 Å². The molecule has 0 aliphatic heterocycles. The van der Waals surface area contributed by atoms with Gasteiger partial charge in [-0.25, -0.2) is 0 Å². The van der Waals surface area contributed by atoms with Crippen LogP contribution in [0.25, 0.3) is 0 Å². The van der Waals surface area contributed by atoms with Gasteiger partial charge in [0.15, 0.2) is 0 Å². The normalized spacial score (nSPS) is 8.79. The van der Waals surface area contributed by atoms with Gasteiger partial charge < -0.3 is 5.73 Å². The summed E-state index contributed by atoms with van der Waals surface area (Å²) in [6.07, 6.45) is 1.10. The predicted molar refractivity (Wildman–Crippen MR) is 57.2 cm³/mol. The second-order valence-corrected chi connectivity index (χ2v) is 2.83. The average Bonchev–Trinajstić information content (AvgIpc) is 2.18. The summed E-state index contributed by atoms with van der Waals surface area (Å²) in [6.45, 7) is 4.60. The van der Waals surface area contributed by atoms with Gasteiger partial charge in [-0.05, 0) is 19.9 Å². The van der Waals surface area contributed by atoms with Crippen LogP contribution in [0, 0.1) is 17.0 Å². The zero-order valence-electron chi connectivity index (χ0n) is 8.56. The number of hydrogen-bond donors (Lipinski definition) is 1. The van der Waals surface area contributed by atoms with Crippen molar-refractivity contribution in [2.45, 2.75) is 20.3 Å². The molecule has 78 valence electrons. The monoisotopic (exact) mass is 196 g/mol. The van der Waals surface area contributed by atoms with Crippen molar-refractivity contribution < 1.29 is 4.92 Å². The Hall–Kier alpha value is -1.42. The lowest BCUT2D eigenvalue weighted by Crippen LogP contribution is -1.93. The molecule has 1 aromatic rings. The maximum atomic E-state index is 10.2. The van der Waals surface area contributed by atoms with Crippen LogP contribution < -0.4 is 5.73 Å². The average molecular weight is 196 g/mol. The van der Waals surface area contributed by atoms with E-state index in [-0.39, 0.29) is 10.6 Å². The molecule has 2 N–H and O–H groups in total. The molecule has 0 aromatic heterocycles. The van der Waals surface area contributed by atoms with Crippen LogP contribution >= 0.6 is 0 Å². The van der Waals surface area contributed by atoms with Gasteiger partial charge >= 0.3 is 0 Å². The minimum atomic E-state index is -0.380. The molecular weight excluding hydrogens is 180 g/mol. The lowest BCUT2D eigenvalue weighted by atomic mass is 10.2. The van der Waals surface area contributed by atoms with E-state index in [2.05, 4.69) is 6.92 Å². The van der Waals surface area contributed by atoms with Gasteiger partial charge in [0, 0.05) is 11.6 Å². The number of nitro benzene ring substituents is 1. The fourth-order valence-corrected chi connectivity index (χ4v) is 0.768. The summed E-state index contributed by atoms with van der Waals surface area (Å²) >= 11 is 0. The Labute approximate surface area is 83.9 Å². The molecule has 0 unspecified atom stereocenters. The molecule has 0 aliphatic carbocycles. The number of aryl methyl sites for hydroxylation is 1. The third-order valence-corrected chi connectivity index (χ3v) is 1.60. The first kappa shape index (κ1) is 12.6. The van der Waals surface area contributed by atoms with Crippen molar-refractivity contribution in [3.63, 3.8) is 0 Å². The highest BCUT2D eigenvalue weighted by molar-refractivity contribution is 5.38. The molecule has 1 aromatic carbocycles. The van der Waals surface area contributed by atoms with E-state index in [1.54, 1.807) is 25.1 Å². The standard InChI is InChI=1S/C7H7NO2.C3H9N/c1-6-4-2-3-5-7(6)8(9)10;1-2-3-4/h2-5H,1H3;2-4H2,1H3. The second-order valence-electron chi connectivity index (χ2n) is 2.83. The molecule has 14 heavy (non-hydrogen) atoms. The van der Waals surface area contributed by atoms with Crippen LogP contribution in [0.5, 0.6) is 0 Å². The van der Waals surface area contributed by atoms with Gasteiger partial charge in [-0.2, -0.15) is 0 Å². The van der Waals surface area contributed by atoms with Gasteiger partial charge in [-0.1, -0.05) is 25.1 Å². The summed E-state index contributed by atoms with van der Waals surface area (Å²) in [4.78, 5) is 9.85. The van der Waals surface area contributed by atoms with Crippen molar-refractivity contribution in [2.24, 2.45) is 5.73 Å². The SMILES string of the molecule is CCCN.Cc1ccccc1[N+](=O)[O-]. The third-order valence-electron chi connectivity index (χ3n) is 1.60. The molecule has 0 fully saturated rings. The molecular formula is C10H16N2O2. The maximum Gasteiger partial charge on any atom is 0.272 e. The highest BCUT2D eigenvalue weighted by atomic mass is 16.6. The highest BCUT2D eigenvalue weighted by Crippen LogP contribution is 2.14. The first-order valence-electron chi connectivity index (χ1n) is 4.53. The second kappa shape index (κ2) is 7.03. The Bertz CT molecular complexity index is 285. The van der Waals surface area contributed by atoms with Gasteiger partial charge in [0.05, 0.1) is 4.92 Å². The minimum Gasteiger partial charge on any atom is -0.330 e. The number of nitrogens with two attached hydrogens (primary N) is 1. The van der Waals surface area contributed by atoms with Crippen LogP contribution in [0.1, 0.15) is 18.9 Å². The summed E-state index contributed by atoms with van der Waals surface area (Å²) in [5.41, 5.74) is 5.91. The molecule has 4 heteroatoms. The van der Waals surface area contributed by atoms with E-state index in [0.29, 0.717) is 5.56 Å². The summed E-state index contributed by atoms with van der Waals surface area (Å²) in [5, 5.41) is 10.2. The Kier molecular flexibility index (Phi) is 6.32. The molecule has 1 rings (SSSR count). The Morgan fingerprint density at radius 1 is 1.43 bits per heavy atom. The molecule has 0 aliphatic rings. The molecule has 0 spiro atoms. The van der Waals surface area contributed by atoms with Crippen molar-refractivity contribution >= 4 is 5.69 Å². The quantitative estimate of drug-likeness (QED) is 0.582. The Balaban J connectivity index is 0.000000364. The van der Waals surface area contributed by atoms with Crippen molar-refractivity contribution in [3.8, 4) is 0 Å². The van der Waals surface area contributed by atoms with Crippen LogP contribution in [-0.4, -0.2) is 11.5 Å². The molecule has 0 atom stereocenters. The molecule has 0 bridgehead atoms. The highest BCUT2D eigenvalue weighted by Gasteiger charge is 2.05. The lowest BCUT2D eigenvalue weighted by molar-refractivity contribution is -0.385. The maximum absolute atomic E-state index is 10.2. The number of para-hydroxylation sites is 1. The zero-order valence-corrected chi connectivity index (χ0v) is 8.56. The van der Waals surface area contributed by atoms with E-state index in [4.69, 9.17) is 5.73 Å². The number of rotatable bonds is 2. The van der Waals surface area contributed by atoms with E-state index in [9.17, 15) is 10.1 Å². The topological polar surface area (TPSA) is 69.2 Å². The fraction of sp³-hybridized carbons (Fsp3) is 0.400. The summed E-state index contributed by atoms with van der Waals surface area (Å²) in [5.74, 6) is 0. The van der Waals surface area contributed by atoms with Gasteiger partial charge in [0.2, 0.25) is 0 Å². The van der Waals surface area contributed by atoms with E-state index in [1.165, 1.54) is 6.07 Å². The Morgan fingerprint density at radius 2 is 1.93 bits per heavy atom. The molecule has 4 nitrogen and oxygen atoms in total. The van der Waals surface area contributed by atoms with Gasteiger partial charge in [-0.3, -0.25) is 10.1 Å². The smallest absolute Gasteiger partial charge is 0.272 e. The van der Waals surface area contributed by atoms with Crippen molar-refractivity contribution in [2.75, 3.05) is 6.54 Å². The zero-order chi connectivity index (χ0) is 11.0. The summed E-state index contributed by atoms with van der Waals surface area (Å²) < 4.78 is 0. The fourth-order valence-electron chi connectivity index (χ4n) is 0.768. The Morgan fingerprint density at radius 3 is 2.21 bits per heavy atom. The van der Waals surface area contributed by atoms with E-state index >= 15 is 0 Å². The molecule has 0 heterocycles. The molecule has 0 radical (unpaired) electrons.